The lowest BCUT2D eigenvalue weighted by molar-refractivity contribution is 0.581. The fraction of sp³-hybridized carbons (Fsp3) is 0.429. The van der Waals surface area contributed by atoms with Gasteiger partial charge in [0.25, 0.3) is 0 Å². The number of aryl methyl sites for hydroxylation is 1. The lowest BCUT2D eigenvalue weighted by Gasteiger charge is -2.12. The van der Waals surface area contributed by atoms with Gasteiger partial charge in [-0.15, -0.1) is 0 Å². The molecule has 2 nitrogen and oxygen atoms in total. The molecular weight excluding hydrogens is 232 g/mol. The molecule has 17 heavy (non-hydrogen) atoms. The minimum atomic E-state index is 0.486. The van der Waals surface area contributed by atoms with Crippen molar-refractivity contribution in [1.29, 1.82) is 0 Å². The highest BCUT2D eigenvalue weighted by Crippen LogP contribution is 2.24. The smallest absolute Gasteiger partial charge is 0.0497 e. The van der Waals surface area contributed by atoms with Crippen molar-refractivity contribution in [2.75, 3.05) is 7.05 Å². The molecule has 0 saturated carbocycles. The van der Waals surface area contributed by atoms with Crippen LogP contribution in [-0.2, 0) is 13.0 Å². The predicted octanol–water partition coefficient (Wildman–Crippen LogP) is 3.47. The molecule has 0 aliphatic heterocycles. The third kappa shape index (κ3) is 2.48. The molecule has 1 N–H and O–H groups in total. The molecule has 0 spiro atoms. The van der Waals surface area contributed by atoms with Crippen molar-refractivity contribution in [1.82, 2.24) is 9.88 Å². The zero-order valence-corrected chi connectivity index (χ0v) is 11.4. The number of likely N-dealkylation sites (N-methyl/N-ethyl adjacent to an activating group) is 1. The largest absolute Gasteiger partial charge is 0.345 e. The summed E-state index contributed by atoms with van der Waals surface area (Å²) >= 11 is 6.06. The van der Waals surface area contributed by atoms with Crippen molar-refractivity contribution in [3.05, 3.63) is 35.0 Å². The summed E-state index contributed by atoms with van der Waals surface area (Å²) in [5.41, 5.74) is 2.60. The van der Waals surface area contributed by atoms with Crippen LogP contribution in [0.3, 0.4) is 0 Å². The van der Waals surface area contributed by atoms with Crippen LogP contribution in [0.1, 0.15) is 19.5 Å². The summed E-state index contributed by atoms with van der Waals surface area (Å²) in [5, 5.41) is 5.36. The Balaban J connectivity index is 2.48. The van der Waals surface area contributed by atoms with Gasteiger partial charge in [-0.25, -0.2) is 0 Å². The van der Waals surface area contributed by atoms with E-state index in [9.17, 15) is 0 Å². The number of nitrogens with one attached hydrogen (secondary N) is 1. The monoisotopic (exact) mass is 250 g/mol. The zero-order valence-electron chi connectivity index (χ0n) is 10.6. The molecule has 0 bridgehead atoms. The Morgan fingerprint density at radius 3 is 2.76 bits per heavy atom. The highest BCUT2D eigenvalue weighted by molar-refractivity contribution is 6.31. The Kier molecular flexibility index (Phi) is 3.75. The van der Waals surface area contributed by atoms with E-state index >= 15 is 0 Å². The number of rotatable bonds is 4. The molecule has 2 aromatic rings. The van der Waals surface area contributed by atoms with Crippen LogP contribution in [0.5, 0.6) is 0 Å². The fourth-order valence-corrected chi connectivity index (χ4v) is 2.41. The van der Waals surface area contributed by atoms with Crippen LogP contribution in [-0.4, -0.2) is 17.7 Å². The second-order valence-electron chi connectivity index (χ2n) is 4.48. The van der Waals surface area contributed by atoms with E-state index in [1.54, 1.807) is 0 Å². The van der Waals surface area contributed by atoms with Crippen molar-refractivity contribution in [3.8, 4) is 0 Å². The van der Waals surface area contributed by atoms with Gasteiger partial charge in [0.05, 0.1) is 0 Å². The minimum absolute atomic E-state index is 0.486. The van der Waals surface area contributed by atoms with Crippen LogP contribution in [0.25, 0.3) is 10.9 Å². The lowest BCUT2D eigenvalue weighted by atomic mass is 10.2. The van der Waals surface area contributed by atoms with Crippen LogP contribution in [0.4, 0.5) is 0 Å². The predicted molar refractivity (Wildman–Crippen MR) is 74.8 cm³/mol. The summed E-state index contributed by atoms with van der Waals surface area (Å²) in [4.78, 5) is 0. The van der Waals surface area contributed by atoms with Crippen LogP contribution in [0.15, 0.2) is 24.3 Å². The van der Waals surface area contributed by atoms with Crippen LogP contribution >= 0.6 is 11.6 Å². The highest BCUT2D eigenvalue weighted by Gasteiger charge is 2.10. The summed E-state index contributed by atoms with van der Waals surface area (Å²) < 4.78 is 2.34. The molecule has 92 valence electrons. The Labute approximate surface area is 108 Å². The van der Waals surface area contributed by atoms with E-state index in [0.29, 0.717) is 6.04 Å². The van der Waals surface area contributed by atoms with Crippen molar-refractivity contribution >= 4 is 22.5 Å². The van der Waals surface area contributed by atoms with Gasteiger partial charge in [0.2, 0.25) is 0 Å². The molecule has 0 fully saturated rings. The average molecular weight is 251 g/mol. The number of benzene rings is 1. The highest BCUT2D eigenvalue weighted by atomic mass is 35.5. The molecular formula is C14H19ClN2. The van der Waals surface area contributed by atoms with Gasteiger partial charge < -0.3 is 9.88 Å². The molecule has 1 heterocycles. The van der Waals surface area contributed by atoms with Crippen LogP contribution in [0, 0.1) is 0 Å². The van der Waals surface area contributed by atoms with Gasteiger partial charge in [-0.3, -0.25) is 0 Å². The maximum Gasteiger partial charge on any atom is 0.0497 e. The van der Waals surface area contributed by atoms with Gasteiger partial charge in [0, 0.05) is 35.2 Å². The zero-order chi connectivity index (χ0) is 12.4. The molecule has 1 unspecified atom stereocenters. The van der Waals surface area contributed by atoms with Gasteiger partial charge in [-0.1, -0.05) is 17.7 Å². The number of hydrogen-bond donors (Lipinski definition) is 1. The van der Waals surface area contributed by atoms with E-state index in [4.69, 9.17) is 11.6 Å². The van der Waals surface area contributed by atoms with E-state index in [-0.39, 0.29) is 0 Å². The molecule has 3 heteroatoms. The van der Waals surface area contributed by atoms with Gasteiger partial charge in [0.1, 0.15) is 0 Å². The van der Waals surface area contributed by atoms with Crippen LogP contribution < -0.4 is 5.32 Å². The van der Waals surface area contributed by atoms with E-state index in [2.05, 4.69) is 35.9 Å². The molecule has 1 aromatic heterocycles. The second-order valence-corrected chi connectivity index (χ2v) is 4.91. The Morgan fingerprint density at radius 1 is 1.35 bits per heavy atom. The van der Waals surface area contributed by atoms with E-state index in [0.717, 1.165) is 18.0 Å². The normalized spacial score (nSPS) is 13.2. The first-order valence-electron chi connectivity index (χ1n) is 6.10. The Bertz CT molecular complexity index is 516. The molecule has 0 aliphatic carbocycles. The van der Waals surface area contributed by atoms with Crippen LogP contribution in [0.2, 0.25) is 5.02 Å². The minimum Gasteiger partial charge on any atom is -0.345 e. The van der Waals surface area contributed by atoms with Crippen molar-refractivity contribution < 1.29 is 0 Å². The molecule has 0 saturated heterocycles. The number of aromatic nitrogens is 1. The number of fused-ring (bicyclic) bond motifs is 1. The molecule has 0 aliphatic rings. The third-order valence-electron chi connectivity index (χ3n) is 3.28. The van der Waals surface area contributed by atoms with Gasteiger partial charge in [-0.05, 0) is 44.5 Å². The Morgan fingerprint density at radius 2 is 2.12 bits per heavy atom. The third-order valence-corrected chi connectivity index (χ3v) is 3.51. The summed E-state index contributed by atoms with van der Waals surface area (Å²) in [6, 6.07) is 8.85. The standard InChI is InChI=1S/C14H19ClN2/c1-4-17-13(7-10(2)16-3)8-11-5-6-12(15)9-14(11)17/h5-6,8-10,16H,4,7H2,1-3H3. The van der Waals surface area contributed by atoms with Gasteiger partial charge in [0.15, 0.2) is 0 Å². The topological polar surface area (TPSA) is 17.0 Å². The SMILES string of the molecule is CCn1c(CC(C)NC)cc2ccc(Cl)cc21. The fourth-order valence-electron chi connectivity index (χ4n) is 2.24. The molecule has 1 aromatic carbocycles. The molecule has 2 rings (SSSR count). The first kappa shape index (κ1) is 12.5. The maximum absolute atomic E-state index is 6.06. The van der Waals surface area contributed by atoms with Crippen molar-refractivity contribution in [2.24, 2.45) is 0 Å². The maximum atomic E-state index is 6.06. The first-order chi connectivity index (χ1) is 8.15. The number of nitrogens with zero attached hydrogens (tertiary/aromatic N) is 1. The van der Waals surface area contributed by atoms with E-state index in [1.165, 1.54) is 16.6 Å². The number of halogens is 1. The first-order valence-corrected chi connectivity index (χ1v) is 6.48. The van der Waals surface area contributed by atoms with Crippen molar-refractivity contribution in [2.45, 2.75) is 32.9 Å². The van der Waals surface area contributed by atoms with Crippen molar-refractivity contribution in [3.63, 3.8) is 0 Å². The second kappa shape index (κ2) is 5.11. The summed E-state index contributed by atoms with van der Waals surface area (Å²) in [6.45, 7) is 5.36. The van der Waals surface area contributed by atoms with E-state index < -0.39 is 0 Å². The molecule has 0 amide bonds. The lowest BCUT2D eigenvalue weighted by Crippen LogP contribution is -2.24. The Hall–Kier alpha value is -0.990. The summed E-state index contributed by atoms with van der Waals surface area (Å²) in [7, 11) is 2.00. The van der Waals surface area contributed by atoms with Gasteiger partial charge >= 0.3 is 0 Å². The van der Waals surface area contributed by atoms with Gasteiger partial charge in [-0.2, -0.15) is 0 Å². The quantitative estimate of drug-likeness (QED) is 0.879. The number of hydrogen-bond acceptors (Lipinski definition) is 1. The average Bonchev–Trinajstić information content (AvgIpc) is 2.65. The molecule has 0 radical (unpaired) electrons. The molecule has 1 atom stereocenters. The summed E-state index contributed by atoms with van der Waals surface area (Å²) in [6.07, 6.45) is 1.04. The van der Waals surface area contributed by atoms with E-state index in [1.807, 2.05) is 19.2 Å². The summed E-state index contributed by atoms with van der Waals surface area (Å²) in [5.74, 6) is 0.